The number of aliphatic imine (C=N–C) groups is 1. The summed E-state index contributed by atoms with van der Waals surface area (Å²) in [5.41, 5.74) is 0. The van der Waals surface area contributed by atoms with Crippen LogP contribution in [-0.2, 0) is 0 Å². The molecule has 0 aromatic carbocycles. The fourth-order valence-corrected chi connectivity index (χ4v) is 0.168. The van der Waals surface area contributed by atoms with E-state index in [1.807, 2.05) is 27.0 Å². The number of nitrogens with one attached hydrogen (secondary N) is 2. The number of rotatable bonds is 2. The van der Waals surface area contributed by atoms with E-state index in [-0.39, 0.29) is 0 Å². The molecule has 0 aromatic heterocycles. The van der Waals surface area contributed by atoms with Crippen LogP contribution in [0.15, 0.2) is 4.99 Å². The second-order valence-corrected chi connectivity index (χ2v) is 1.49. The van der Waals surface area contributed by atoms with Crippen LogP contribution in [0.5, 0.6) is 0 Å². The molecule has 0 bridgehead atoms. The number of hydrogen-bond donors (Lipinski definition) is 2. The first-order chi connectivity index (χ1) is 4.33. The maximum Gasteiger partial charge on any atom is 0.0861 e. The molecular formula is C6H15N3. The van der Waals surface area contributed by atoms with Gasteiger partial charge in [-0.1, -0.05) is 6.92 Å². The molecule has 9 heavy (non-hydrogen) atoms. The van der Waals surface area contributed by atoms with Gasteiger partial charge in [0, 0.05) is 6.54 Å². The lowest BCUT2D eigenvalue weighted by Crippen LogP contribution is -1.89. The van der Waals surface area contributed by atoms with Crippen LogP contribution in [0.3, 0.4) is 0 Å². The second-order valence-electron chi connectivity index (χ2n) is 1.49. The van der Waals surface area contributed by atoms with Crippen LogP contribution in [0.2, 0.25) is 0 Å². The first kappa shape index (κ1) is 11.2. The number of nitrogens with zero attached hydrogens (tertiary/aromatic N) is 1. The Morgan fingerprint density at radius 2 is 2.00 bits per heavy atom. The van der Waals surface area contributed by atoms with Crippen LogP contribution in [0, 0.1) is 5.41 Å². The van der Waals surface area contributed by atoms with E-state index in [2.05, 4.69) is 10.3 Å². The van der Waals surface area contributed by atoms with E-state index < -0.39 is 0 Å². The normalized spacial score (nSPS) is 6.56. The molecule has 0 unspecified atom stereocenters. The first-order valence-electron chi connectivity index (χ1n) is 3.00. The van der Waals surface area contributed by atoms with Crippen LogP contribution in [0.25, 0.3) is 0 Å². The van der Waals surface area contributed by atoms with Crippen LogP contribution in [-0.4, -0.2) is 26.6 Å². The largest absolute Gasteiger partial charge is 0.323 e. The Morgan fingerprint density at radius 1 is 1.56 bits per heavy atom. The van der Waals surface area contributed by atoms with Gasteiger partial charge in [0.15, 0.2) is 0 Å². The van der Waals surface area contributed by atoms with Crippen molar-refractivity contribution in [2.45, 2.75) is 13.3 Å². The Labute approximate surface area is 56.7 Å². The zero-order valence-electron chi connectivity index (χ0n) is 6.36. The van der Waals surface area contributed by atoms with E-state index >= 15 is 0 Å². The van der Waals surface area contributed by atoms with Crippen molar-refractivity contribution < 1.29 is 0 Å². The zero-order chi connectivity index (χ0) is 7.54. The highest BCUT2D eigenvalue weighted by atomic mass is 14.7. The monoisotopic (exact) mass is 129 g/mol. The second kappa shape index (κ2) is 15.7. The van der Waals surface area contributed by atoms with Crippen molar-refractivity contribution in [2.24, 2.45) is 4.99 Å². The highest BCUT2D eigenvalue weighted by molar-refractivity contribution is 5.35. The molecule has 2 N–H and O–H groups in total. The SMILES string of the molecule is CCCN=C=N.CNC. The van der Waals surface area contributed by atoms with Gasteiger partial charge < -0.3 is 5.32 Å². The van der Waals surface area contributed by atoms with Crippen LogP contribution < -0.4 is 5.32 Å². The Balaban J connectivity index is 0. The molecule has 0 fully saturated rings. The summed E-state index contributed by atoms with van der Waals surface area (Å²) in [5.74, 6) is 0. The summed E-state index contributed by atoms with van der Waals surface area (Å²) < 4.78 is 0. The van der Waals surface area contributed by atoms with E-state index in [1.54, 1.807) is 0 Å². The summed E-state index contributed by atoms with van der Waals surface area (Å²) >= 11 is 0. The van der Waals surface area contributed by atoms with E-state index in [4.69, 9.17) is 5.41 Å². The molecule has 0 rings (SSSR count). The van der Waals surface area contributed by atoms with Gasteiger partial charge in [-0.05, 0) is 20.5 Å². The van der Waals surface area contributed by atoms with Gasteiger partial charge in [0.05, 0.1) is 6.01 Å². The maximum absolute atomic E-state index is 6.29. The van der Waals surface area contributed by atoms with Crippen molar-refractivity contribution in [1.29, 1.82) is 5.41 Å². The molecule has 0 aliphatic heterocycles. The predicted molar refractivity (Wildman–Crippen MR) is 40.3 cm³/mol. The number of hydrogen-bond acceptors (Lipinski definition) is 3. The summed E-state index contributed by atoms with van der Waals surface area (Å²) in [6.45, 7) is 2.75. The molecule has 0 aromatic rings. The summed E-state index contributed by atoms with van der Waals surface area (Å²) in [7, 11) is 3.75. The average Bonchev–Trinajstić information content (AvgIpc) is 1.86. The fourth-order valence-electron chi connectivity index (χ4n) is 0.168. The van der Waals surface area contributed by atoms with Gasteiger partial charge in [0.25, 0.3) is 0 Å². The molecule has 0 aliphatic rings. The summed E-state index contributed by atoms with van der Waals surface area (Å²) in [6, 6.07) is 1.94. The Hall–Kier alpha value is -0.660. The highest BCUT2D eigenvalue weighted by Gasteiger charge is 1.64. The van der Waals surface area contributed by atoms with Crippen molar-refractivity contribution in [3.05, 3.63) is 0 Å². The van der Waals surface area contributed by atoms with Crippen molar-refractivity contribution in [2.75, 3.05) is 20.6 Å². The molecular weight excluding hydrogens is 114 g/mol. The third kappa shape index (κ3) is 38.2. The molecule has 0 aliphatic carbocycles. The van der Waals surface area contributed by atoms with Crippen molar-refractivity contribution in [1.82, 2.24) is 5.32 Å². The van der Waals surface area contributed by atoms with E-state index in [1.165, 1.54) is 0 Å². The average molecular weight is 129 g/mol. The van der Waals surface area contributed by atoms with Crippen molar-refractivity contribution in [3.8, 4) is 0 Å². The molecule has 54 valence electrons. The summed E-state index contributed by atoms with van der Waals surface area (Å²) in [6.07, 6.45) is 1.01. The molecule has 0 saturated heterocycles. The van der Waals surface area contributed by atoms with Crippen molar-refractivity contribution >= 4 is 6.01 Å². The van der Waals surface area contributed by atoms with E-state index in [9.17, 15) is 0 Å². The highest BCUT2D eigenvalue weighted by Crippen LogP contribution is 1.71. The van der Waals surface area contributed by atoms with Gasteiger partial charge in [0.1, 0.15) is 0 Å². The molecule has 3 nitrogen and oxygen atoms in total. The van der Waals surface area contributed by atoms with Gasteiger partial charge in [-0.25, -0.2) is 10.4 Å². The molecule has 0 saturated carbocycles. The summed E-state index contributed by atoms with van der Waals surface area (Å²) in [5, 5.41) is 9.04. The predicted octanol–water partition coefficient (Wildman–Crippen LogP) is 0.985. The lowest BCUT2D eigenvalue weighted by atomic mass is 10.5. The Morgan fingerprint density at radius 3 is 2.11 bits per heavy atom. The quantitative estimate of drug-likeness (QED) is 0.536. The van der Waals surface area contributed by atoms with Crippen LogP contribution in [0.1, 0.15) is 13.3 Å². The molecule has 0 spiro atoms. The standard InChI is InChI=1S/C4H8N2.C2H7N/c1-2-3-6-4-5;1-3-2/h5H,2-3H2,1H3;3H,1-2H3. The molecule has 0 atom stereocenters. The topological polar surface area (TPSA) is 48.2 Å². The third-order valence-electron chi connectivity index (χ3n) is 0.414. The minimum absolute atomic E-state index is 0.740. The van der Waals surface area contributed by atoms with Gasteiger partial charge in [-0.3, -0.25) is 0 Å². The van der Waals surface area contributed by atoms with Crippen LogP contribution in [0.4, 0.5) is 0 Å². The third-order valence-corrected chi connectivity index (χ3v) is 0.414. The van der Waals surface area contributed by atoms with Gasteiger partial charge in [-0.15, -0.1) is 0 Å². The van der Waals surface area contributed by atoms with Crippen LogP contribution >= 0.6 is 0 Å². The molecule has 0 heterocycles. The summed E-state index contributed by atoms with van der Waals surface area (Å²) in [4.78, 5) is 3.51. The van der Waals surface area contributed by atoms with Gasteiger partial charge in [0.2, 0.25) is 0 Å². The fraction of sp³-hybridized carbons (Fsp3) is 0.833. The van der Waals surface area contributed by atoms with Gasteiger partial charge >= 0.3 is 0 Å². The minimum Gasteiger partial charge on any atom is -0.323 e. The maximum atomic E-state index is 6.29. The Kier molecular flexibility index (Phi) is 19.5. The zero-order valence-corrected chi connectivity index (χ0v) is 6.36. The molecule has 0 radical (unpaired) electrons. The molecule has 3 heteroatoms. The lowest BCUT2D eigenvalue weighted by molar-refractivity contribution is 0.936. The minimum atomic E-state index is 0.740. The Bertz CT molecular complexity index is 74.4. The van der Waals surface area contributed by atoms with E-state index in [0.29, 0.717) is 0 Å². The first-order valence-corrected chi connectivity index (χ1v) is 3.00. The smallest absolute Gasteiger partial charge is 0.0861 e. The van der Waals surface area contributed by atoms with Crippen molar-refractivity contribution in [3.63, 3.8) is 0 Å². The van der Waals surface area contributed by atoms with E-state index in [0.717, 1.165) is 13.0 Å². The molecule has 0 amide bonds. The van der Waals surface area contributed by atoms with Gasteiger partial charge in [-0.2, -0.15) is 0 Å². The lowest BCUT2D eigenvalue weighted by Gasteiger charge is -1.73.